The van der Waals surface area contributed by atoms with E-state index in [0.717, 1.165) is 5.56 Å². The number of morpholine rings is 1. The predicted octanol–water partition coefficient (Wildman–Crippen LogP) is 0.773. The Labute approximate surface area is 148 Å². The third kappa shape index (κ3) is 4.37. The number of sulfonamides is 1. The van der Waals surface area contributed by atoms with Crippen molar-refractivity contribution in [2.24, 2.45) is 11.8 Å². The Morgan fingerprint density at radius 2 is 2.24 bits per heavy atom. The zero-order chi connectivity index (χ0) is 18.0. The number of hydrogen-bond acceptors (Lipinski definition) is 5. The molecule has 2 aliphatic rings. The van der Waals surface area contributed by atoms with Crippen molar-refractivity contribution in [2.45, 2.75) is 39.0 Å². The number of hydrogen-bond donors (Lipinski definition) is 1. The summed E-state index contributed by atoms with van der Waals surface area (Å²) in [6, 6.07) is 3.72. The molecule has 2 fully saturated rings. The van der Waals surface area contributed by atoms with Gasteiger partial charge < -0.3 is 10.1 Å². The Morgan fingerprint density at radius 3 is 2.92 bits per heavy atom. The third-order valence-electron chi connectivity index (χ3n) is 4.59. The average Bonchev–Trinajstić information content (AvgIpc) is 2.86. The standard InChI is InChI=1S/C17H25N3O4S/c1-12(2)11-25(22,23)20-9-14-6-15(16(10-20)24-14)17(21)19-8-13-4-3-5-18-7-13/h3-5,7,12,14-16H,6,8-11H2,1-2H3,(H,19,21)/t14-,15+,16-/m0/s1. The molecule has 3 rings (SSSR count). The molecule has 0 unspecified atom stereocenters. The van der Waals surface area contributed by atoms with Gasteiger partial charge in [0.25, 0.3) is 0 Å². The highest BCUT2D eigenvalue weighted by Crippen LogP contribution is 2.33. The Bertz CT molecular complexity index is 708. The zero-order valence-corrected chi connectivity index (χ0v) is 15.4. The van der Waals surface area contributed by atoms with Gasteiger partial charge >= 0.3 is 0 Å². The number of nitrogens with one attached hydrogen (secondary N) is 1. The summed E-state index contributed by atoms with van der Waals surface area (Å²) in [6.45, 7) is 4.80. The number of amides is 1. The lowest BCUT2D eigenvalue weighted by atomic mass is 9.99. The maximum Gasteiger partial charge on any atom is 0.226 e. The van der Waals surface area contributed by atoms with E-state index < -0.39 is 10.0 Å². The molecule has 0 spiro atoms. The van der Waals surface area contributed by atoms with E-state index in [9.17, 15) is 13.2 Å². The molecule has 2 aliphatic heterocycles. The highest BCUT2D eigenvalue weighted by Gasteiger charge is 2.47. The van der Waals surface area contributed by atoms with Crippen LogP contribution in [-0.4, -0.2) is 54.7 Å². The zero-order valence-electron chi connectivity index (χ0n) is 14.6. The van der Waals surface area contributed by atoms with Crippen LogP contribution in [-0.2, 0) is 26.1 Å². The summed E-state index contributed by atoms with van der Waals surface area (Å²) >= 11 is 0. The second kappa shape index (κ2) is 7.39. The van der Waals surface area contributed by atoms with Crippen LogP contribution in [0.25, 0.3) is 0 Å². The Kier molecular flexibility index (Phi) is 5.41. The molecular weight excluding hydrogens is 342 g/mol. The first kappa shape index (κ1) is 18.3. The molecule has 3 atom stereocenters. The maximum atomic E-state index is 12.5. The number of ether oxygens (including phenoxy) is 1. The second-order valence-electron chi connectivity index (χ2n) is 7.21. The van der Waals surface area contributed by atoms with Gasteiger partial charge in [-0.1, -0.05) is 19.9 Å². The molecule has 2 saturated heterocycles. The molecule has 3 heterocycles. The van der Waals surface area contributed by atoms with Gasteiger partial charge in [-0.05, 0) is 24.0 Å². The minimum Gasteiger partial charge on any atom is -0.371 e. The van der Waals surface area contributed by atoms with Crippen LogP contribution < -0.4 is 5.32 Å². The summed E-state index contributed by atoms with van der Waals surface area (Å²) in [5.41, 5.74) is 0.930. The van der Waals surface area contributed by atoms with Gasteiger partial charge in [-0.2, -0.15) is 4.31 Å². The first-order valence-corrected chi connectivity index (χ1v) is 10.3. The van der Waals surface area contributed by atoms with E-state index in [1.165, 1.54) is 4.31 Å². The van der Waals surface area contributed by atoms with Crippen molar-refractivity contribution >= 4 is 15.9 Å². The molecule has 2 bridgehead atoms. The molecule has 0 radical (unpaired) electrons. The number of fused-ring (bicyclic) bond motifs is 2. The highest BCUT2D eigenvalue weighted by atomic mass is 32.2. The fourth-order valence-electron chi connectivity index (χ4n) is 3.48. The molecular formula is C17H25N3O4S. The molecule has 1 aromatic heterocycles. The first-order chi connectivity index (χ1) is 11.8. The topological polar surface area (TPSA) is 88.6 Å². The molecule has 7 nitrogen and oxygen atoms in total. The first-order valence-electron chi connectivity index (χ1n) is 8.65. The summed E-state index contributed by atoms with van der Waals surface area (Å²) in [5.74, 6) is -0.186. The lowest BCUT2D eigenvalue weighted by Crippen LogP contribution is -2.48. The van der Waals surface area contributed by atoms with Crippen molar-refractivity contribution < 1.29 is 17.9 Å². The number of pyridine rings is 1. The van der Waals surface area contributed by atoms with Gasteiger partial charge in [0.2, 0.25) is 15.9 Å². The fraction of sp³-hybridized carbons (Fsp3) is 0.647. The van der Waals surface area contributed by atoms with Crippen molar-refractivity contribution in [1.29, 1.82) is 0 Å². The van der Waals surface area contributed by atoms with Crippen molar-refractivity contribution in [3.8, 4) is 0 Å². The van der Waals surface area contributed by atoms with Gasteiger partial charge in [-0.3, -0.25) is 9.78 Å². The van der Waals surface area contributed by atoms with E-state index in [1.54, 1.807) is 12.4 Å². The van der Waals surface area contributed by atoms with Gasteiger partial charge in [0.1, 0.15) is 0 Å². The van der Waals surface area contributed by atoms with E-state index >= 15 is 0 Å². The molecule has 1 amide bonds. The van der Waals surface area contributed by atoms with Crippen molar-refractivity contribution in [3.63, 3.8) is 0 Å². The molecule has 0 aromatic carbocycles. The van der Waals surface area contributed by atoms with Crippen molar-refractivity contribution in [1.82, 2.24) is 14.6 Å². The molecule has 0 saturated carbocycles. The minimum atomic E-state index is -3.30. The van der Waals surface area contributed by atoms with E-state index in [0.29, 0.717) is 19.5 Å². The normalized spacial score (nSPS) is 26.8. The number of nitrogens with zero attached hydrogens (tertiary/aromatic N) is 2. The molecule has 1 N–H and O–H groups in total. The monoisotopic (exact) mass is 367 g/mol. The molecule has 8 heteroatoms. The van der Waals surface area contributed by atoms with E-state index in [-0.39, 0.29) is 42.2 Å². The van der Waals surface area contributed by atoms with Crippen LogP contribution in [0.3, 0.4) is 0 Å². The molecule has 0 aliphatic carbocycles. The van der Waals surface area contributed by atoms with E-state index in [1.807, 2.05) is 26.0 Å². The van der Waals surface area contributed by atoms with Crippen LogP contribution in [0, 0.1) is 11.8 Å². The van der Waals surface area contributed by atoms with Gasteiger partial charge in [0, 0.05) is 32.0 Å². The summed E-state index contributed by atoms with van der Waals surface area (Å²) < 4.78 is 32.3. The number of rotatable bonds is 6. The Morgan fingerprint density at radius 1 is 1.44 bits per heavy atom. The summed E-state index contributed by atoms with van der Waals surface area (Å²) in [6.07, 6.45) is 3.40. The van der Waals surface area contributed by atoms with Crippen LogP contribution in [0.4, 0.5) is 0 Å². The lowest BCUT2D eigenvalue weighted by Gasteiger charge is -2.32. The largest absolute Gasteiger partial charge is 0.371 e. The summed E-state index contributed by atoms with van der Waals surface area (Å²) in [5, 5.41) is 2.91. The lowest BCUT2D eigenvalue weighted by molar-refractivity contribution is -0.127. The highest BCUT2D eigenvalue weighted by molar-refractivity contribution is 7.89. The van der Waals surface area contributed by atoms with Gasteiger partial charge in [-0.25, -0.2) is 8.42 Å². The SMILES string of the molecule is CC(C)CS(=O)(=O)N1C[C@@H]2C[C@@H](C(=O)NCc3cccnc3)[C@H](C1)O2. The van der Waals surface area contributed by atoms with Crippen molar-refractivity contribution in [3.05, 3.63) is 30.1 Å². The summed E-state index contributed by atoms with van der Waals surface area (Å²) in [7, 11) is -3.30. The van der Waals surface area contributed by atoms with E-state index in [4.69, 9.17) is 4.74 Å². The van der Waals surface area contributed by atoms with Crippen LogP contribution in [0.1, 0.15) is 25.8 Å². The van der Waals surface area contributed by atoms with Crippen molar-refractivity contribution in [2.75, 3.05) is 18.8 Å². The smallest absolute Gasteiger partial charge is 0.226 e. The minimum absolute atomic E-state index is 0.0732. The number of aromatic nitrogens is 1. The van der Waals surface area contributed by atoms with Crippen LogP contribution in [0.15, 0.2) is 24.5 Å². The predicted molar refractivity (Wildman–Crippen MR) is 93.0 cm³/mol. The molecule has 138 valence electrons. The number of carbonyl (C=O) groups is 1. The van der Waals surface area contributed by atoms with Crippen LogP contribution in [0.2, 0.25) is 0 Å². The Balaban J connectivity index is 1.60. The van der Waals surface area contributed by atoms with Gasteiger partial charge in [0.05, 0.1) is 23.9 Å². The third-order valence-corrected chi connectivity index (χ3v) is 6.76. The quantitative estimate of drug-likeness (QED) is 0.802. The average molecular weight is 367 g/mol. The molecule has 1 aromatic rings. The maximum absolute atomic E-state index is 12.5. The van der Waals surface area contributed by atoms with Gasteiger partial charge in [-0.15, -0.1) is 0 Å². The van der Waals surface area contributed by atoms with Crippen LogP contribution in [0.5, 0.6) is 0 Å². The fourth-order valence-corrected chi connectivity index (χ4v) is 5.30. The number of carbonyl (C=O) groups excluding carboxylic acids is 1. The Hall–Kier alpha value is -1.51. The van der Waals surface area contributed by atoms with Crippen LogP contribution >= 0.6 is 0 Å². The second-order valence-corrected chi connectivity index (χ2v) is 9.22. The van der Waals surface area contributed by atoms with Gasteiger partial charge in [0.15, 0.2) is 0 Å². The van der Waals surface area contributed by atoms with E-state index in [2.05, 4.69) is 10.3 Å². The molecule has 25 heavy (non-hydrogen) atoms. The summed E-state index contributed by atoms with van der Waals surface area (Å²) in [4.78, 5) is 16.5.